The molecule has 0 spiro atoms. The van der Waals surface area contributed by atoms with E-state index in [9.17, 15) is 9.90 Å². The molecule has 2 heterocycles. The van der Waals surface area contributed by atoms with Crippen LogP contribution in [0.4, 0.5) is 0 Å². The fourth-order valence-electron chi connectivity index (χ4n) is 1.63. The molecule has 5 nitrogen and oxygen atoms in total. The number of carbonyl (C=O) groups excluding carboxylic acids is 1. The van der Waals surface area contributed by atoms with E-state index in [0.717, 1.165) is 5.65 Å². The van der Waals surface area contributed by atoms with Gasteiger partial charge in [0, 0.05) is 18.6 Å². The molecule has 0 aliphatic rings. The molecule has 0 saturated carbocycles. The van der Waals surface area contributed by atoms with E-state index in [1.807, 2.05) is 10.6 Å². The smallest absolute Gasteiger partial charge is 0.308 e. The highest BCUT2D eigenvalue weighted by molar-refractivity contribution is 5.70. The van der Waals surface area contributed by atoms with Crippen LogP contribution in [0, 0.1) is 0 Å². The van der Waals surface area contributed by atoms with Gasteiger partial charge in [0.05, 0.1) is 19.1 Å². The summed E-state index contributed by atoms with van der Waals surface area (Å²) in [5.41, 5.74) is 1.40. The number of imidazole rings is 1. The first-order chi connectivity index (χ1) is 8.20. The summed E-state index contributed by atoms with van der Waals surface area (Å²) in [5.74, 6) is -0.400. The lowest BCUT2D eigenvalue weighted by Gasteiger charge is -2.10. The van der Waals surface area contributed by atoms with Crippen molar-refractivity contribution in [1.29, 1.82) is 0 Å². The highest BCUT2D eigenvalue weighted by Gasteiger charge is 2.14. The van der Waals surface area contributed by atoms with Crippen LogP contribution in [-0.2, 0) is 9.53 Å². The molecular formula is C12H14N2O3. The van der Waals surface area contributed by atoms with Gasteiger partial charge in [0.15, 0.2) is 0 Å². The zero-order valence-corrected chi connectivity index (χ0v) is 9.54. The number of pyridine rings is 1. The van der Waals surface area contributed by atoms with E-state index < -0.39 is 12.1 Å². The lowest BCUT2D eigenvalue weighted by Crippen LogP contribution is -2.10. The first kappa shape index (κ1) is 11.6. The largest absolute Gasteiger partial charge is 0.466 e. The summed E-state index contributed by atoms with van der Waals surface area (Å²) in [6, 6.07) is 3.52. The first-order valence-electron chi connectivity index (χ1n) is 5.47. The SMILES string of the molecule is CCOC(=O)CC(O)c1ccn2ccnc2c1. The van der Waals surface area contributed by atoms with Gasteiger partial charge in [-0.2, -0.15) is 0 Å². The van der Waals surface area contributed by atoms with Crippen molar-refractivity contribution in [3.8, 4) is 0 Å². The zero-order chi connectivity index (χ0) is 12.3. The van der Waals surface area contributed by atoms with E-state index in [0.29, 0.717) is 12.2 Å². The molecule has 0 aliphatic carbocycles. The van der Waals surface area contributed by atoms with Gasteiger partial charge in [0.25, 0.3) is 0 Å². The Balaban J connectivity index is 2.12. The second kappa shape index (κ2) is 4.97. The molecule has 2 aromatic rings. The fourth-order valence-corrected chi connectivity index (χ4v) is 1.63. The maximum Gasteiger partial charge on any atom is 0.308 e. The second-order valence-corrected chi connectivity index (χ2v) is 3.68. The molecule has 2 aromatic heterocycles. The van der Waals surface area contributed by atoms with Crippen LogP contribution >= 0.6 is 0 Å². The Morgan fingerprint density at radius 2 is 2.41 bits per heavy atom. The van der Waals surface area contributed by atoms with Crippen LogP contribution in [0.3, 0.4) is 0 Å². The van der Waals surface area contributed by atoms with Gasteiger partial charge < -0.3 is 14.2 Å². The number of aliphatic hydroxyl groups excluding tert-OH is 1. The molecule has 5 heteroatoms. The number of carbonyl (C=O) groups is 1. The molecule has 1 N–H and O–H groups in total. The van der Waals surface area contributed by atoms with E-state index in [1.165, 1.54) is 0 Å². The maximum absolute atomic E-state index is 11.2. The fraction of sp³-hybridized carbons (Fsp3) is 0.333. The highest BCUT2D eigenvalue weighted by atomic mass is 16.5. The van der Waals surface area contributed by atoms with Gasteiger partial charge in [-0.25, -0.2) is 4.98 Å². The van der Waals surface area contributed by atoms with Crippen molar-refractivity contribution in [1.82, 2.24) is 9.38 Å². The molecule has 0 bridgehead atoms. The van der Waals surface area contributed by atoms with Crippen molar-refractivity contribution < 1.29 is 14.6 Å². The standard InChI is InChI=1S/C12H14N2O3/c1-2-17-12(16)8-10(15)9-3-5-14-6-4-13-11(14)7-9/h3-7,10,15H,2,8H2,1H3. The summed E-state index contributed by atoms with van der Waals surface area (Å²) < 4.78 is 6.62. The third-order valence-corrected chi connectivity index (χ3v) is 2.47. The van der Waals surface area contributed by atoms with E-state index in [2.05, 4.69) is 4.98 Å². The summed E-state index contributed by atoms with van der Waals surface area (Å²) in [4.78, 5) is 15.4. The van der Waals surface area contributed by atoms with E-state index in [1.54, 1.807) is 31.5 Å². The average molecular weight is 234 g/mol. The minimum absolute atomic E-state index is 0.0370. The predicted octanol–water partition coefficient (Wildman–Crippen LogP) is 1.32. The Hall–Kier alpha value is -1.88. The molecule has 0 saturated heterocycles. The van der Waals surface area contributed by atoms with Crippen LogP contribution in [0.25, 0.3) is 5.65 Å². The summed E-state index contributed by atoms with van der Waals surface area (Å²) in [6.45, 7) is 2.06. The molecule has 1 atom stereocenters. The third-order valence-electron chi connectivity index (χ3n) is 2.47. The van der Waals surface area contributed by atoms with Gasteiger partial charge in [-0.3, -0.25) is 4.79 Å². The van der Waals surface area contributed by atoms with Crippen molar-refractivity contribution in [2.24, 2.45) is 0 Å². The Labute approximate surface area is 98.7 Å². The summed E-state index contributed by atoms with van der Waals surface area (Å²) in [5, 5.41) is 9.88. The van der Waals surface area contributed by atoms with Crippen molar-refractivity contribution in [3.63, 3.8) is 0 Å². The van der Waals surface area contributed by atoms with Crippen molar-refractivity contribution in [2.75, 3.05) is 6.61 Å². The van der Waals surface area contributed by atoms with Crippen LogP contribution in [0.15, 0.2) is 30.7 Å². The lowest BCUT2D eigenvalue weighted by atomic mass is 10.1. The van der Waals surface area contributed by atoms with E-state index in [4.69, 9.17) is 4.74 Å². The number of fused-ring (bicyclic) bond motifs is 1. The lowest BCUT2D eigenvalue weighted by molar-refractivity contribution is -0.145. The monoisotopic (exact) mass is 234 g/mol. The van der Waals surface area contributed by atoms with Crippen LogP contribution in [0.2, 0.25) is 0 Å². The van der Waals surface area contributed by atoms with Crippen LogP contribution in [-0.4, -0.2) is 27.1 Å². The first-order valence-corrected chi connectivity index (χ1v) is 5.47. The van der Waals surface area contributed by atoms with Gasteiger partial charge in [0.1, 0.15) is 5.65 Å². The molecular weight excluding hydrogens is 220 g/mol. The molecule has 0 amide bonds. The number of hydrogen-bond donors (Lipinski definition) is 1. The topological polar surface area (TPSA) is 63.8 Å². The number of ether oxygens (including phenoxy) is 1. The van der Waals surface area contributed by atoms with Crippen LogP contribution in [0.5, 0.6) is 0 Å². The molecule has 17 heavy (non-hydrogen) atoms. The summed E-state index contributed by atoms with van der Waals surface area (Å²) in [7, 11) is 0. The Bertz CT molecular complexity index is 521. The van der Waals surface area contributed by atoms with Crippen molar-refractivity contribution >= 4 is 11.6 Å². The van der Waals surface area contributed by atoms with Gasteiger partial charge in [-0.1, -0.05) is 0 Å². The summed E-state index contributed by atoms with van der Waals surface area (Å²) >= 11 is 0. The molecule has 0 radical (unpaired) electrons. The number of aliphatic hydroxyl groups is 1. The van der Waals surface area contributed by atoms with Crippen LogP contribution in [0.1, 0.15) is 25.0 Å². The summed E-state index contributed by atoms with van der Waals surface area (Å²) in [6.07, 6.45) is 4.40. The number of nitrogens with zero attached hydrogens (tertiary/aromatic N) is 2. The third kappa shape index (κ3) is 2.62. The maximum atomic E-state index is 11.2. The van der Waals surface area contributed by atoms with Crippen LogP contribution < -0.4 is 0 Å². The highest BCUT2D eigenvalue weighted by Crippen LogP contribution is 2.18. The molecule has 0 aromatic carbocycles. The quantitative estimate of drug-likeness (QED) is 0.810. The number of rotatable bonds is 4. The minimum atomic E-state index is -0.851. The van der Waals surface area contributed by atoms with E-state index >= 15 is 0 Å². The molecule has 0 aliphatic heterocycles. The van der Waals surface area contributed by atoms with Gasteiger partial charge >= 0.3 is 5.97 Å². The zero-order valence-electron chi connectivity index (χ0n) is 9.54. The number of aromatic nitrogens is 2. The average Bonchev–Trinajstić information content (AvgIpc) is 2.75. The second-order valence-electron chi connectivity index (χ2n) is 3.68. The Morgan fingerprint density at radius 1 is 1.59 bits per heavy atom. The predicted molar refractivity (Wildman–Crippen MR) is 61.4 cm³/mol. The van der Waals surface area contributed by atoms with Gasteiger partial charge in [-0.15, -0.1) is 0 Å². The molecule has 0 fully saturated rings. The van der Waals surface area contributed by atoms with Crippen molar-refractivity contribution in [2.45, 2.75) is 19.4 Å². The Kier molecular flexibility index (Phi) is 3.39. The van der Waals surface area contributed by atoms with Gasteiger partial charge in [-0.05, 0) is 24.6 Å². The minimum Gasteiger partial charge on any atom is -0.466 e. The number of esters is 1. The normalized spacial score (nSPS) is 12.6. The number of hydrogen-bond acceptors (Lipinski definition) is 4. The van der Waals surface area contributed by atoms with Crippen molar-refractivity contribution in [3.05, 3.63) is 36.3 Å². The molecule has 2 rings (SSSR count). The van der Waals surface area contributed by atoms with Gasteiger partial charge in [0.2, 0.25) is 0 Å². The molecule has 90 valence electrons. The van der Waals surface area contributed by atoms with E-state index in [-0.39, 0.29) is 6.42 Å². The molecule has 1 unspecified atom stereocenters. The Morgan fingerprint density at radius 3 is 3.18 bits per heavy atom.